The number of nitrogens with one attached hydrogen (secondary N) is 1. The van der Waals surface area contributed by atoms with Gasteiger partial charge in [0.1, 0.15) is 11.6 Å². The van der Waals surface area contributed by atoms with Crippen molar-refractivity contribution in [2.24, 2.45) is 0 Å². The van der Waals surface area contributed by atoms with E-state index in [1.54, 1.807) is 25.3 Å². The van der Waals surface area contributed by atoms with Crippen LogP contribution in [0.3, 0.4) is 0 Å². The first-order valence-electron chi connectivity index (χ1n) is 10.5. The molecule has 162 valence electrons. The second-order valence-corrected chi connectivity index (χ2v) is 7.79. The van der Waals surface area contributed by atoms with Gasteiger partial charge in [-0.05, 0) is 49.7 Å². The van der Waals surface area contributed by atoms with Gasteiger partial charge in [-0.2, -0.15) is 0 Å². The molecular formula is C24H26FN3O3. The van der Waals surface area contributed by atoms with Crippen LogP contribution in [0.4, 0.5) is 4.39 Å². The van der Waals surface area contributed by atoms with Crippen molar-refractivity contribution in [2.45, 2.75) is 31.8 Å². The molecule has 0 spiro atoms. The Balaban J connectivity index is 1.29. The Kier molecular flexibility index (Phi) is 6.62. The van der Waals surface area contributed by atoms with Crippen molar-refractivity contribution in [3.05, 3.63) is 83.0 Å². The van der Waals surface area contributed by atoms with E-state index in [4.69, 9.17) is 9.26 Å². The van der Waals surface area contributed by atoms with Gasteiger partial charge in [0.25, 0.3) is 5.91 Å². The highest BCUT2D eigenvalue weighted by Crippen LogP contribution is 2.28. The highest BCUT2D eigenvalue weighted by atomic mass is 19.1. The number of amides is 1. The molecule has 1 aliphatic heterocycles. The number of hydrogen-bond donors (Lipinski definition) is 1. The lowest BCUT2D eigenvalue weighted by Crippen LogP contribution is -2.32. The summed E-state index contributed by atoms with van der Waals surface area (Å²) in [6, 6.07) is 16.0. The van der Waals surface area contributed by atoms with E-state index in [1.165, 1.54) is 6.07 Å². The summed E-state index contributed by atoms with van der Waals surface area (Å²) < 4.78 is 24.0. The molecule has 31 heavy (non-hydrogen) atoms. The molecule has 1 fully saturated rings. The second-order valence-electron chi connectivity index (χ2n) is 7.79. The first kappa shape index (κ1) is 21.1. The zero-order chi connectivity index (χ0) is 21.6. The normalized spacial score (nSPS) is 15.0. The van der Waals surface area contributed by atoms with Gasteiger partial charge < -0.3 is 14.6 Å². The number of piperidine rings is 1. The number of carbonyl (C=O) groups excluding carboxylic acids is 1. The van der Waals surface area contributed by atoms with E-state index in [1.807, 2.05) is 30.3 Å². The number of aromatic nitrogens is 1. The maximum atomic E-state index is 13.4. The second kappa shape index (κ2) is 9.75. The highest BCUT2D eigenvalue weighted by Gasteiger charge is 2.25. The molecule has 0 aliphatic carbocycles. The Morgan fingerprint density at radius 3 is 2.77 bits per heavy atom. The molecule has 1 aromatic heterocycles. The van der Waals surface area contributed by atoms with Gasteiger partial charge in [-0.1, -0.05) is 35.5 Å². The van der Waals surface area contributed by atoms with Gasteiger partial charge in [-0.15, -0.1) is 0 Å². The molecule has 0 radical (unpaired) electrons. The fraction of sp³-hybridized carbons (Fsp3) is 0.333. The lowest BCUT2D eigenvalue weighted by molar-refractivity contribution is 0.0913. The van der Waals surface area contributed by atoms with Gasteiger partial charge in [-0.25, -0.2) is 4.39 Å². The van der Waals surface area contributed by atoms with Crippen molar-refractivity contribution in [3.63, 3.8) is 0 Å². The SMILES string of the molecule is COc1ccccc1CNC(=O)c1cc(C2CCN(Cc3cccc(F)c3)CC2)no1. The third-order valence-electron chi connectivity index (χ3n) is 5.69. The molecule has 7 heteroatoms. The van der Waals surface area contributed by atoms with Crippen molar-refractivity contribution in [3.8, 4) is 5.75 Å². The molecule has 1 amide bonds. The van der Waals surface area contributed by atoms with Crippen molar-refractivity contribution >= 4 is 5.91 Å². The number of para-hydroxylation sites is 1. The highest BCUT2D eigenvalue weighted by molar-refractivity contribution is 5.91. The number of benzene rings is 2. The maximum Gasteiger partial charge on any atom is 0.290 e. The quantitative estimate of drug-likeness (QED) is 0.619. The van der Waals surface area contributed by atoms with E-state index in [-0.39, 0.29) is 23.4 Å². The fourth-order valence-corrected chi connectivity index (χ4v) is 3.98. The molecule has 2 aromatic carbocycles. The summed E-state index contributed by atoms with van der Waals surface area (Å²) in [5.74, 6) is 0.695. The van der Waals surface area contributed by atoms with Gasteiger partial charge in [0.05, 0.1) is 12.8 Å². The molecule has 1 aliphatic rings. The largest absolute Gasteiger partial charge is 0.496 e. The van der Waals surface area contributed by atoms with Gasteiger partial charge >= 0.3 is 0 Å². The lowest BCUT2D eigenvalue weighted by Gasteiger charge is -2.31. The van der Waals surface area contributed by atoms with Crippen molar-refractivity contribution in [2.75, 3.05) is 20.2 Å². The number of halogens is 1. The van der Waals surface area contributed by atoms with Crippen LogP contribution in [0, 0.1) is 5.82 Å². The summed E-state index contributed by atoms with van der Waals surface area (Å²) in [6.07, 6.45) is 1.84. The maximum absolute atomic E-state index is 13.4. The Hall–Kier alpha value is -3.19. The first-order chi connectivity index (χ1) is 15.1. The van der Waals surface area contributed by atoms with Crippen LogP contribution in [0.5, 0.6) is 5.75 Å². The van der Waals surface area contributed by atoms with Crippen LogP contribution in [0.25, 0.3) is 0 Å². The van der Waals surface area contributed by atoms with Gasteiger partial charge in [0.15, 0.2) is 0 Å². The number of hydrogen-bond acceptors (Lipinski definition) is 5. The first-order valence-corrected chi connectivity index (χ1v) is 10.5. The fourth-order valence-electron chi connectivity index (χ4n) is 3.98. The molecule has 1 N–H and O–H groups in total. The number of methoxy groups -OCH3 is 1. The van der Waals surface area contributed by atoms with Crippen LogP contribution in [-0.4, -0.2) is 36.2 Å². The molecule has 3 aromatic rings. The zero-order valence-electron chi connectivity index (χ0n) is 17.5. The molecule has 0 saturated carbocycles. The minimum atomic E-state index is -0.298. The van der Waals surface area contributed by atoms with Crippen LogP contribution in [0.1, 0.15) is 46.1 Å². The molecule has 0 unspecified atom stereocenters. The minimum absolute atomic E-state index is 0.202. The summed E-state index contributed by atoms with van der Waals surface area (Å²) in [4.78, 5) is 14.8. The Labute approximate surface area is 181 Å². The predicted octanol–water partition coefficient (Wildman–Crippen LogP) is 4.13. The number of ether oxygens (including phenoxy) is 1. The number of rotatable bonds is 7. The van der Waals surface area contributed by atoms with E-state index < -0.39 is 0 Å². The zero-order valence-corrected chi connectivity index (χ0v) is 17.5. The molecule has 4 rings (SSSR count). The van der Waals surface area contributed by atoms with E-state index in [9.17, 15) is 9.18 Å². The Bertz CT molecular complexity index is 1030. The van der Waals surface area contributed by atoms with Crippen molar-refractivity contribution < 1.29 is 18.4 Å². The summed E-state index contributed by atoms with van der Waals surface area (Å²) in [6.45, 7) is 2.87. The third kappa shape index (κ3) is 5.30. The average Bonchev–Trinajstić information content (AvgIpc) is 3.29. The Morgan fingerprint density at radius 1 is 1.19 bits per heavy atom. The van der Waals surface area contributed by atoms with Crippen LogP contribution in [0.2, 0.25) is 0 Å². The van der Waals surface area contributed by atoms with Crippen LogP contribution < -0.4 is 10.1 Å². The molecule has 2 heterocycles. The van der Waals surface area contributed by atoms with E-state index in [2.05, 4.69) is 15.4 Å². The van der Waals surface area contributed by atoms with Crippen LogP contribution in [0.15, 0.2) is 59.1 Å². The summed E-state index contributed by atoms with van der Waals surface area (Å²) in [7, 11) is 1.60. The van der Waals surface area contributed by atoms with Crippen molar-refractivity contribution in [1.82, 2.24) is 15.4 Å². The predicted molar refractivity (Wildman–Crippen MR) is 114 cm³/mol. The van der Waals surface area contributed by atoms with E-state index in [0.29, 0.717) is 6.54 Å². The molecule has 1 saturated heterocycles. The molecule has 0 atom stereocenters. The average molecular weight is 423 g/mol. The van der Waals surface area contributed by atoms with Gasteiger partial charge in [-0.3, -0.25) is 9.69 Å². The summed E-state index contributed by atoms with van der Waals surface area (Å²) in [5.41, 5.74) is 2.69. The van der Waals surface area contributed by atoms with Gasteiger partial charge in [0.2, 0.25) is 5.76 Å². The lowest BCUT2D eigenvalue weighted by atomic mass is 9.93. The molecular weight excluding hydrogens is 397 g/mol. The standard InChI is InChI=1S/C24H26FN3O3/c1-30-22-8-3-2-6-19(22)15-26-24(29)23-14-21(27-31-23)18-9-11-28(12-10-18)16-17-5-4-7-20(25)13-17/h2-8,13-14,18H,9-12,15-16H2,1H3,(H,26,29). The molecule has 6 nitrogen and oxygen atoms in total. The number of likely N-dealkylation sites (tertiary alicyclic amines) is 1. The Morgan fingerprint density at radius 2 is 2.00 bits per heavy atom. The minimum Gasteiger partial charge on any atom is -0.496 e. The van der Waals surface area contributed by atoms with E-state index >= 15 is 0 Å². The summed E-state index contributed by atoms with van der Waals surface area (Å²) in [5, 5.41) is 7.00. The number of carbonyl (C=O) groups is 1. The van der Waals surface area contributed by atoms with Crippen LogP contribution >= 0.6 is 0 Å². The van der Waals surface area contributed by atoms with E-state index in [0.717, 1.165) is 55.0 Å². The van der Waals surface area contributed by atoms with Crippen LogP contribution in [-0.2, 0) is 13.1 Å². The topological polar surface area (TPSA) is 67.6 Å². The van der Waals surface area contributed by atoms with Crippen molar-refractivity contribution in [1.29, 1.82) is 0 Å². The third-order valence-corrected chi connectivity index (χ3v) is 5.69. The van der Waals surface area contributed by atoms with Gasteiger partial charge in [0, 0.05) is 30.6 Å². The smallest absolute Gasteiger partial charge is 0.290 e. The summed E-state index contributed by atoms with van der Waals surface area (Å²) >= 11 is 0. The molecule has 0 bridgehead atoms. The number of nitrogens with zero attached hydrogens (tertiary/aromatic N) is 2. The monoisotopic (exact) mass is 423 g/mol.